The van der Waals surface area contributed by atoms with Crippen LogP contribution in [-0.2, 0) is 15.0 Å². The summed E-state index contributed by atoms with van der Waals surface area (Å²) >= 11 is 12.2. The van der Waals surface area contributed by atoms with Crippen molar-refractivity contribution >= 4 is 40.7 Å². The van der Waals surface area contributed by atoms with Crippen molar-refractivity contribution in [3.05, 3.63) is 93.5 Å². The lowest BCUT2D eigenvalue weighted by Gasteiger charge is -2.30. The topological polar surface area (TPSA) is 70.4 Å². The molecule has 3 atom stereocenters. The molecule has 0 spiro atoms. The summed E-state index contributed by atoms with van der Waals surface area (Å²) in [6, 6.07) is 18.0. The van der Waals surface area contributed by atoms with Gasteiger partial charge in [-0.15, -0.1) is 13.2 Å². The number of carbonyl (C=O) groups is 2. The number of amides is 2. The summed E-state index contributed by atoms with van der Waals surface area (Å²) in [6.45, 7) is 1.66. The molecule has 1 aliphatic carbocycles. The second kappa shape index (κ2) is 7.99. The lowest BCUT2D eigenvalue weighted by Crippen LogP contribution is -2.42. The van der Waals surface area contributed by atoms with Crippen LogP contribution in [0.1, 0.15) is 23.6 Å². The van der Waals surface area contributed by atoms with E-state index in [0.29, 0.717) is 16.7 Å². The van der Waals surface area contributed by atoms with Crippen LogP contribution in [-0.4, -0.2) is 18.2 Å². The van der Waals surface area contributed by atoms with Gasteiger partial charge in [0.05, 0.1) is 28.7 Å². The van der Waals surface area contributed by atoms with Crippen molar-refractivity contribution in [1.29, 1.82) is 5.26 Å². The summed E-state index contributed by atoms with van der Waals surface area (Å²) in [5.41, 5.74) is -0.738. The van der Waals surface area contributed by atoms with Crippen molar-refractivity contribution in [1.82, 2.24) is 0 Å². The number of imide groups is 1. The van der Waals surface area contributed by atoms with Crippen LogP contribution in [0.25, 0.3) is 0 Å². The van der Waals surface area contributed by atoms with E-state index in [-0.39, 0.29) is 15.7 Å². The number of anilines is 1. The van der Waals surface area contributed by atoms with E-state index in [9.17, 15) is 28.0 Å². The van der Waals surface area contributed by atoms with Gasteiger partial charge in [-0.05, 0) is 60.5 Å². The molecule has 2 amide bonds. The third-order valence-electron chi connectivity index (χ3n) is 6.98. The molecule has 0 aromatic heterocycles. The molecule has 0 bridgehead atoms. The van der Waals surface area contributed by atoms with Gasteiger partial charge in [-0.2, -0.15) is 5.26 Å². The normalized spacial score (nSPS) is 24.9. The number of nitriles is 1. The van der Waals surface area contributed by atoms with Gasteiger partial charge >= 0.3 is 6.36 Å². The number of piperidine rings is 1. The van der Waals surface area contributed by atoms with Crippen LogP contribution < -0.4 is 9.64 Å². The standard InChI is InChI=1S/C26H15Cl2F3N2O3/c1-24-21(22(34)33(23(24)35)19-11-17(27)10-18(28)12-19)25(24,15-4-2-14(13-32)3-5-15)16-6-8-20(9-7-16)36-26(29,30)31/h2-12,21H,1H3/t21?,24-,25-/m1/s1. The van der Waals surface area contributed by atoms with Gasteiger partial charge in [0.1, 0.15) is 5.75 Å². The van der Waals surface area contributed by atoms with Gasteiger partial charge in [0, 0.05) is 15.5 Å². The van der Waals surface area contributed by atoms with Crippen LogP contribution in [0.5, 0.6) is 5.75 Å². The highest BCUT2D eigenvalue weighted by molar-refractivity contribution is 6.36. The van der Waals surface area contributed by atoms with Crippen LogP contribution in [0.4, 0.5) is 18.9 Å². The number of ether oxygens (including phenoxy) is 1. The fourth-order valence-corrected chi connectivity index (χ4v) is 6.06. The van der Waals surface area contributed by atoms with Gasteiger partial charge in [-0.25, -0.2) is 4.90 Å². The largest absolute Gasteiger partial charge is 0.573 e. The molecule has 1 unspecified atom stereocenters. The van der Waals surface area contributed by atoms with Gasteiger partial charge < -0.3 is 4.74 Å². The number of hydrogen-bond donors (Lipinski definition) is 0. The Balaban J connectivity index is 1.63. The first kappa shape index (κ1) is 24.2. The Kier molecular flexibility index (Phi) is 5.36. The third-order valence-corrected chi connectivity index (χ3v) is 7.42. The molecule has 1 saturated heterocycles. The second-order valence-corrected chi connectivity index (χ2v) is 9.68. The Labute approximate surface area is 213 Å². The van der Waals surface area contributed by atoms with Crippen LogP contribution >= 0.6 is 23.2 Å². The zero-order chi connectivity index (χ0) is 26.0. The summed E-state index contributed by atoms with van der Waals surface area (Å²) in [5.74, 6) is -2.25. The molecule has 5 nitrogen and oxygen atoms in total. The molecule has 0 radical (unpaired) electrons. The fraction of sp³-hybridized carbons (Fsp3) is 0.192. The molecule has 1 saturated carbocycles. The Bertz CT molecular complexity index is 1430. The maximum absolute atomic E-state index is 13.8. The number of nitrogens with zero attached hydrogens (tertiary/aromatic N) is 2. The quantitative estimate of drug-likeness (QED) is 0.373. The molecule has 3 aromatic carbocycles. The Morgan fingerprint density at radius 2 is 1.47 bits per heavy atom. The molecular formula is C26H15Cl2F3N2O3. The first-order valence-corrected chi connectivity index (χ1v) is 11.4. The second-order valence-electron chi connectivity index (χ2n) is 8.81. The highest BCUT2D eigenvalue weighted by Crippen LogP contribution is 2.76. The van der Waals surface area contributed by atoms with Crippen molar-refractivity contribution in [3.8, 4) is 11.8 Å². The lowest BCUT2D eigenvalue weighted by molar-refractivity contribution is -0.274. The monoisotopic (exact) mass is 530 g/mol. The van der Waals surface area contributed by atoms with Crippen molar-refractivity contribution in [3.63, 3.8) is 0 Å². The molecule has 5 rings (SSSR count). The molecule has 0 N–H and O–H groups in total. The summed E-state index contributed by atoms with van der Waals surface area (Å²) in [5, 5.41) is 9.70. The first-order valence-electron chi connectivity index (χ1n) is 10.6. The lowest BCUT2D eigenvalue weighted by atomic mass is 9.78. The third kappa shape index (κ3) is 3.38. The van der Waals surface area contributed by atoms with E-state index in [1.54, 1.807) is 31.2 Å². The molecule has 2 fully saturated rings. The van der Waals surface area contributed by atoms with Crippen molar-refractivity contribution in [2.45, 2.75) is 18.7 Å². The molecule has 1 heterocycles. The smallest absolute Gasteiger partial charge is 0.406 e. The van der Waals surface area contributed by atoms with E-state index in [0.717, 1.165) is 17.0 Å². The maximum atomic E-state index is 13.8. The van der Waals surface area contributed by atoms with E-state index >= 15 is 0 Å². The van der Waals surface area contributed by atoms with E-state index in [1.807, 2.05) is 6.07 Å². The average molecular weight is 531 g/mol. The Morgan fingerprint density at radius 3 is 1.92 bits per heavy atom. The summed E-state index contributed by atoms with van der Waals surface area (Å²) < 4.78 is 42.0. The van der Waals surface area contributed by atoms with E-state index in [4.69, 9.17) is 23.2 Å². The van der Waals surface area contributed by atoms with Crippen molar-refractivity contribution < 1.29 is 27.5 Å². The Hall–Kier alpha value is -3.54. The first-order chi connectivity index (χ1) is 16.9. The maximum Gasteiger partial charge on any atom is 0.573 e. The van der Waals surface area contributed by atoms with E-state index in [1.165, 1.54) is 30.3 Å². The van der Waals surface area contributed by atoms with Crippen LogP contribution in [0.2, 0.25) is 10.0 Å². The predicted molar refractivity (Wildman–Crippen MR) is 126 cm³/mol. The highest BCUT2D eigenvalue weighted by Gasteiger charge is 2.86. The minimum atomic E-state index is -4.86. The zero-order valence-corrected chi connectivity index (χ0v) is 19.9. The van der Waals surface area contributed by atoms with Crippen molar-refractivity contribution in [2.24, 2.45) is 11.3 Å². The predicted octanol–water partition coefficient (Wildman–Crippen LogP) is 6.26. The van der Waals surface area contributed by atoms with Crippen LogP contribution in [0.3, 0.4) is 0 Å². The van der Waals surface area contributed by atoms with Gasteiger partial charge in [-0.1, -0.05) is 47.5 Å². The number of carbonyl (C=O) groups excluding carboxylic acids is 2. The summed E-state index contributed by atoms with van der Waals surface area (Å²) in [4.78, 5) is 28.6. The molecule has 10 heteroatoms. The van der Waals surface area contributed by atoms with Gasteiger partial charge in [0.2, 0.25) is 11.8 Å². The molecule has 182 valence electrons. The molecular weight excluding hydrogens is 516 g/mol. The minimum absolute atomic E-state index is 0.235. The van der Waals surface area contributed by atoms with E-state index in [2.05, 4.69) is 4.74 Å². The highest BCUT2D eigenvalue weighted by atomic mass is 35.5. The number of hydrogen-bond acceptors (Lipinski definition) is 4. The summed E-state index contributed by atoms with van der Waals surface area (Å²) in [6.07, 6.45) is -4.86. The number of benzene rings is 3. The van der Waals surface area contributed by atoms with Gasteiger partial charge in [-0.3, -0.25) is 9.59 Å². The van der Waals surface area contributed by atoms with Gasteiger partial charge in [0.25, 0.3) is 0 Å². The van der Waals surface area contributed by atoms with Crippen LogP contribution in [0.15, 0.2) is 66.7 Å². The van der Waals surface area contributed by atoms with Gasteiger partial charge in [0.15, 0.2) is 0 Å². The number of rotatable bonds is 4. The molecule has 1 aliphatic heterocycles. The number of alkyl halides is 3. The number of halogens is 5. The fourth-order valence-electron chi connectivity index (χ4n) is 5.54. The Morgan fingerprint density at radius 1 is 0.944 bits per heavy atom. The zero-order valence-electron chi connectivity index (χ0n) is 18.4. The van der Waals surface area contributed by atoms with Crippen molar-refractivity contribution in [2.75, 3.05) is 4.90 Å². The molecule has 2 aliphatic rings. The van der Waals surface area contributed by atoms with Crippen LogP contribution in [0, 0.1) is 22.7 Å². The average Bonchev–Trinajstić information content (AvgIpc) is 3.32. The SMILES string of the molecule is C[C@]12C(=O)N(c3cc(Cl)cc(Cl)c3)C(=O)C1[C@@]2(c1ccc(C#N)cc1)c1ccc(OC(F)(F)F)cc1. The van der Waals surface area contributed by atoms with E-state index < -0.39 is 40.7 Å². The number of fused-ring (bicyclic) bond motifs is 1. The minimum Gasteiger partial charge on any atom is -0.406 e. The molecule has 36 heavy (non-hydrogen) atoms. The summed E-state index contributed by atoms with van der Waals surface area (Å²) in [7, 11) is 0. The molecule has 3 aromatic rings.